The molecule has 0 saturated carbocycles. The summed E-state index contributed by atoms with van der Waals surface area (Å²) >= 11 is 11.8. The third-order valence-electron chi connectivity index (χ3n) is 2.58. The molecule has 0 atom stereocenters. The molecule has 0 aromatic heterocycles. The van der Waals surface area contributed by atoms with Crippen LogP contribution in [0.1, 0.15) is 15.9 Å². The Morgan fingerprint density at radius 2 is 1.85 bits per heavy atom. The van der Waals surface area contributed by atoms with E-state index in [9.17, 15) is 4.79 Å². The van der Waals surface area contributed by atoms with Crippen LogP contribution in [0.3, 0.4) is 0 Å². The number of carbonyl (C=O) groups is 1. The molecule has 0 heterocycles. The van der Waals surface area contributed by atoms with E-state index in [1.54, 1.807) is 12.1 Å². The van der Waals surface area contributed by atoms with Crippen LogP contribution in [0, 0.1) is 0 Å². The van der Waals surface area contributed by atoms with E-state index in [-0.39, 0.29) is 28.0 Å². The number of phenols is 1. The number of carbonyl (C=O) groups excluding carboxylic acids is 1. The normalized spacial score (nSPS) is 10.3. The average molecular weight is 312 g/mol. The van der Waals surface area contributed by atoms with Crippen LogP contribution in [0.25, 0.3) is 0 Å². The van der Waals surface area contributed by atoms with Crippen molar-refractivity contribution >= 4 is 34.9 Å². The van der Waals surface area contributed by atoms with Gasteiger partial charge in [-0.2, -0.15) is 0 Å². The number of ether oxygens (including phenoxy) is 1. The minimum atomic E-state index is -0.614. The molecule has 4 nitrogen and oxygen atoms in total. The summed E-state index contributed by atoms with van der Waals surface area (Å²) in [4.78, 5) is 11.9. The Balaban J connectivity index is 2.11. The average Bonchev–Trinajstić information content (AvgIpc) is 2.42. The van der Waals surface area contributed by atoms with Crippen LogP contribution in [-0.4, -0.2) is 11.1 Å². The van der Waals surface area contributed by atoms with Crippen LogP contribution in [0.15, 0.2) is 36.4 Å². The predicted octanol–water partition coefficient (Wildman–Crippen LogP) is 3.64. The van der Waals surface area contributed by atoms with Gasteiger partial charge in [0.2, 0.25) is 0 Å². The monoisotopic (exact) mass is 311 g/mol. The van der Waals surface area contributed by atoms with E-state index in [2.05, 4.69) is 0 Å². The molecule has 0 aliphatic carbocycles. The predicted molar refractivity (Wildman–Crippen MR) is 78.1 cm³/mol. The van der Waals surface area contributed by atoms with Crippen LogP contribution in [-0.2, 0) is 11.3 Å². The Kier molecular flexibility index (Phi) is 4.37. The van der Waals surface area contributed by atoms with Crippen molar-refractivity contribution in [1.82, 2.24) is 0 Å². The fourth-order valence-electron chi connectivity index (χ4n) is 1.58. The van der Waals surface area contributed by atoms with Crippen molar-refractivity contribution in [2.45, 2.75) is 6.61 Å². The lowest BCUT2D eigenvalue weighted by atomic mass is 10.2. The molecule has 2 rings (SSSR count). The lowest BCUT2D eigenvalue weighted by Gasteiger charge is -2.08. The number of halogens is 2. The molecule has 0 spiro atoms. The van der Waals surface area contributed by atoms with Crippen molar-refractivity contribution in [3.8, 4) is 5.75 Å². The van der Waals surface area contributed by atoms with Crippen molar-refractivity contribution in [3.63, 3.8) is 0 Å². The highest BCUT2D eigenvalue weighted by atomic mass is 35.5. The molecule has 0 saturated heterocycles. The van der Waals surface area contributed by atoms with Gasteiger partial charge in [0.1, 0.15) is 12.4 Å². The number of hydrogen-bond donors (Lipinski definition) is 2. The smallest absolute Gasteiger partial charge is 0.340 e. The molecular formula is C14H11Cl2NO3. The first-order chi connectivity index (χ1) is 9.47. The number of aromatic hydroxyl groups is 1. The maximum absolute atomic E-state index is 11.9. The largest absolute Gasteiger partial charge is 0.508 e. The van der Waals surface area contributed by atoms with Gasteiger partial charge < -0.3 is 15.6 Å². The minimum Gasteiger partial charge on any atom is -0.508 e. The highest BCUT2D eigenvalue weighted by Gasteiger charge is 2.15. The van der Waals surface area contributed by atoms with E-state index < -0.39 is 5.97 Å². The second-order valence-corrected chi connectivity index (χ2v) is 4.89. The lowest BCUT2D eigenvalue weighted by Crippen LogP contribution is -2.07. The maximum atomic E-state index is 11.9. The van der Waals surface area contributed by atoms with Crippen molar-refractivity contribution in [2.75, 3.05) is 5.73 Å². The number of phenolic OH excluding ortho intramolecular Hbond substituents is 1. The highest BCUT2D eigenvalue weighted by Crippen LogP contribution is 2.29. The summed E-state index contributed by atoms with van der Waals surface area (Å²) in [6, 6.07) is 9.18. The van der Waals surface area contributed by atoms with Gasteiger partial charge in [0, 0.05) is 5.69 Å². The Morgan fingerprint density at radius 3 is 2.50 bits per heavy atom. The zero-order valence-electron chi connectivity index (χ0n) is 10.3. The molecule has 2 aromatic carbocycles. The summed E-state index contributed by atoms with van der Waals surface area (Å²) < 4.78 is 5.13. The molecule has 104 valence electrons. The topological polar surface area (TPSA) is 72.6 Å². The van der Waals surface area contributed by atoms with E-state index >= 15 is 0 Å². The molecule has 0 radical (unpaired) electrons. The van der Waals surface area contributed by atoms with E-state index in [1.165, 1.54) is 24.3 Å². The Hall–Kier alpha value is -1.91. The standard InChI is InChI=1S/C14H11Cl2NO3/c15-12-6-9(17)5-11(13(12)16)14(19)20-7-8-1-3-10(18)4-2-8/h1-6,18H,7,17H2. The third-order valence-corrected chi connectivity index (χ3v) is 3.38. The molecule has 2 aromatic rings. The molecule has 0 bridgehead atoms. The molecule has 0 aliphatic rings. The third kappa shape index (κ3) is 3.35. The first-order valence-corrected chi connectivity index (χ1v) is 6.42. The molecule has 0 aliphatic heterocycles. The summed E-state index contributed by atoms with van der Waals surface area (Å²) in [5.41, 5.74) is 6.80. The van der Waals surface area contributed by atoms with E-state index in [4.69, 9.17) is 38.8 Å². The van der Waals surface area contributed by atoms with Gasteiger partial charge in [-0.25, -0.2) is 4.79 Å². The quantitative estimate of drug-likeness (QED) is 0.670. The zero-order chi connectivity index (χ0) is 14.7. The summed E-state index contributed by atoms with van der Waals surface area (Å²) in [6.07, 6.45) is 0. The Bertz CT molecular complexity index is 642. The van der Waals surface area contributed by atoms with Crippen LogP contribution in [0.5, 0.6) is 5.75 Å². The molecule has 3 N–H and O–H groups in total. The van der Waals surface area contributed by atoms with Crippen molar-refractivity contribution in [3.05, 3.63) is 57.6 Å². The summed E-state index contributed by atoms with van der Waals surface area (Å²) in [5, 5.41) is 9.46. The molecule has 6 heteroatoms. The van der Waals surface area contributed by atoms with Gasteiger partial charge in [-0.15, -0.1) is 0 Å². The van der Waals surface area contributed by atoms with Crippen LogP contribution in [0.4, 0.5) is 5.69 Å². The summed E-state index contributed by atoms with van der Waals surface area (Å²) in [5.74, 6) is -0.469. The number of nitrogen functional groups attached to an aromatic ring is 1. The molecule has 0 fully saturated rings. The molecule has 0 amide bonds. The zero-order valence-corrected chi connectivity index (χ0v) is 11.8. The van der Waals surface area contributed by atoms with Crippen LogP contribution in [0.2, 0.25) is 10.0 Å². The van der Waals surface area contributed by atoms with Gasteiger partial charge in [0.15, 0.2) is 0 Å². The first kappa shape index (κ1) is 14.5. The fourth-order valence-corrected chi connectivity index (χ4v) is 1.99. The van der Waals surface area contributed by atoms with Crippen LogP contribution < -0.4 is 5.73 Å². The molecule has 0 unspecified atom stereocenters. The van der Waals surface area contributed by atoms with Gasteiger partial charge in [-0.05, 0) is 29.8 Å². The summed E-state index contributed by atoms with van der Waals surface area (Å²) in [7, 11) is 0. The second-order valence-electron chi connectivity index (χ2n) is 4.11. The minimum absolute atomic E-state index is 0.0574. The molecular weight excluding hydrogens is 301 g/mol. The SMILES string of the molecule is Nc1cc(Cl)c(Cl)c(C(=O)OCc2ccc(O)cc2)c1. The second kappa shape index (κ2) is 6.03. The highest BCUT2D eigenvalue weighted by molar-refractivity contribution is 6.44. The fraction of sp³-hybridized carbons (Fsp3) is 0.0714. The number of hydrogen-bond acceptors (Lipinski definition) is 4. The van der Waals surface area contributed by atoms with E-state index in [0.29, 0.717) is 5.69 Å². The first-order valence-electron chi connectivity index (χ1n) is 5.67. The Morgan fingerprint density at radius 1 is 1.20 bits per heavy atom. The lowest BCUT2D eigenvalue weighted by molar-refractivity contribution is 0.0473. The number of benzene rings is 2. The van der Waals surface area contributed by atoms with Crippen molar-refractivity contribution in [1.29, 1.82) is 0 Å². The number of nitrogens with two attached hydrogens (primary N) is 1. The molecule has 20 heavy (non-hydrogen) atoms. The van der Waals surface area contributed by atoms with Crippen molar-refractivity contribution in [2.24, 2.45) is 0 Å². The number of anilines is 1. The van der Waals surface area contributed by atoms with Gasteiger partial charge in [0.25, 0.3) is 0 Å². The maximum Gasteiger partial charge on any atom is 0.340 e. The Labute approximate surface area is 125 Å². The number of rotatable bonds is 3. The van der Waals surface area contributed by atoms with Gasteiger partial charge in [-0.3, -0.25) is 0 Å². The van der Waals surface area contributed by atoms with Gasteiger partial charge in [0.05, 0.1) is 15.6 Å². The van der Waals surface area contributed by atoms with Gasteiger partial charge >= 0.3 is 5.97 Å². The number of esters is 1. The summed E-state index contributed by atoms with van der Waals surface area (Å²) in [6.45, 7) is 0.0574. The van der Waals surface area contributed by atoms with Crippen LogP contribution >= 0.6 is 23.2 Å². The van der Waals surface area contributed by atoms with E-state index in [0.717, 1.165) is 5.56 Å². The van der Waals surface area contributed by atoms with E-state index in [1.807, 2.05) is 0 Å². The van der Waals surface area contributed by atoms with Crippen molar-refractivity contribution < 1.29 is 14.6 Å². The van der Waals surface area contributed by atoms with Gasteiger partial charge in [-0.1, -0.05) is 35.3 Å².